The zero-order valence-corrected chi connectivity index (χ0v) is 69.1. The molecule has 99 heavy (non-hydrogen) atoms. The number of nitrogens with one attached hydrogen (secondary N) is 12. The minimum atomic E-state index is -0.969. The molecule has 0 fully saturated rings. The van der Waals surface area contributed by atoms with Crippen molar-refractivity contribution in [3.8, 4) is 0 Å². The predicted octanol–water partition coefficient (Wildman–Crippen LogP) is 12.8. The molecule has 0 radical (unpaired) electrons. The van der Waals surface area contributed by atoms with Gasteiger partial charge in [-0.05, 0) is 273 Å². The van der Waals surface area contributed by atoms with E-state index in [2.05, 4.69) is 188 Å². The van der Waals surface area contributed by atoms with E-state index in [0.29, 0.717) is 83.6 Å². The molecular weight excluding hydrogens is 1240 g/mol. The fourth-order valence-corrected chi connectivity index (χ4v) is 12.0. The third kappa shape index (κ3) is 53.8. The molecule has 7 atom stereocenters. The number of hydrogen-bond donors (Lipinski definition) is 12. The lowest BCUT2D eigenvalue weighted by Crippen LogP contribution is -2.57. The molecule has 12 N–H and O–H groups in total. The third-order valence-electron chi connectivity index (χ3n) is 16.9. The van der Waals surface area contributed by atoms with Crippen molar-refractivity contribution in [1.29, 1.82) is 0 Å². The van der Waals surface area contributed by atoms with Gasteiger partial charge in [0.15, 0.2) is 5.78 Å². The van der Waals surface area contributed by atoms with Crippen molar-refractivity contribution in [3.05, 3.63) is 0 Å². The van der Waals surface area contributed by atoms with Crippen LogP contribution in [0, 0.1) is 10.8 Å². The normalized spacial score (nSPS) is 15.3. The van der Waals surface area contributed by atoms with Gasteiger partial charge in [0.05, 0.1) is 30.2 Å². The monoisotopic (exact) mass is 1400 g/mol. The van der Waals surface area contributed by atoms with Gasteiger partial charge in [-0.25, -0.2) is 0 Å². The zero-order chi connectivity index (χ0) is 76.3. The average molecular weight is 1400 g/mol. The molecule has 19 heteroatoms. The van der Waals surface area contributed by atoms with Crippen molar-refractivity contribution in [1.82, 2.24) is 63.8 Å². The predicted molar refractivity (Wildman–Crippen MR) is 416 cm³/mol. The van der Waals surface area contributed by atoms with E-state index in [0.717, 1.165) is 96.7 Å². The van der Waals surface area contributed by atoms with Crippen molar-refractivity contribution < 1.29 is 33.6 Å². The summed E-state index contributed by atoms with van der Waals surface area (Å²) < 4.78 is 0. The lowest BCUT2D eigenvalue weighted by atomic mass is 9.84. The second-order valence-electron chi connectivity index (χ2n) is 38.4. The van der Waals surface area contributed by atoms with Crippen LogP contribution in [0.1, 0.15) is 347 Å². The fourth-order valence-electron chi connectivity index (χ4n) is 12.0. The molecule has 0 aromatic carbocycles. The molecule has 0 aliphatic heterocycles. The Morgan fingerprint density at radius 1 is 0.253 bits per heavy atom. The summed E-state index contributed by atoms with van der Waals surface area (Å²) in [4.78, 5) is 100. The minimum Gasteiger partial charge on any atom is -0.355 e. The van der Waals surface area contributed by atoms with E-state index in [9.17, 15) is 33.6 Å². The van der Waals surface area contributed by atoms with Crippen LogP contribution in [0.25, 0.3) is 0 Å². The molecule has 0 spiro atoms. The van der Waals surface area contributed by atoms with Crippen molar-refractivity contribution in [2.24, 2.45) is 10.8 Å². The molecule has 0 aromatic heterocycles. The Labute approximate surface area is 607 Å². The molecule has 0 aliphatic carbocycles. The Morgan fingerprint density at radius 2 is 0.515 bits per heavy atom. The summed E-state index contributed by atoms with van der Waals surface area (Å²) in [5, 5.41) is 40.4. The summed E-state index contributed by atoms with van der Waals surface area (Å²) in [6.07, 6.45) is 17.7. The summed E-state index contributed by atoms with van der Waals surface area (Å²) in [6, 6.07) is -4.35. The number of unbranched alkanes of at least 4 members (excludes halogenated alkanes) is 9. The fraction of sp³-hybridized carbons (Fsp3) is 0.912. The van der Waals surface area contributed by atoms with Crippen LogP contribution in [-0.2, 0) is 33.6 Å². The van der Waals surface area contributed by atoms with E-state index in [-0.39, 0.29) is 98.9 Å². The standard InChI is InChI=1S/C80H160N12O7/c1-72(2,3)52-38-29-31-44-58(89-77(16,17)18)65(93)51-32-28-30-46-60(87-70(98)63(91-79(22,23)24)49-36-42-56-84-75(10,11)12)67(95)81-53-39-33-45-59(66(94)73(4,5)6)86-69(97)61(88-71(99)64(92-80(25,26)27)50-37-43-57-85-76(13,14)15)47-34-40-54-82-68(96)62(90-78(19,20)21)48-35-41-55-83-74(7,8)9/h58-64,83-85,89-92H,28-57H2,1-27H3,(H,81,95)(H,82,96)(H,86,97)(H,87,98)(H,88,99). The SMILES string of the molecule is CC(C)(C)CCCCCC(NC(C)(C)C)C(=O)CCCCCC(NC(=O)C(CCCCNC(C)(C)C)NC(C)(C)C)C(=O)NCCCCC(NC(=O)C(CCCCNC(=O)C(CCCCNC(C)(C)C)NC(C)(C)C)NC(=O)C(CCCCNC(C)(C)C)NC(C)(C)C)C(=O)C(C)(C)C. The van der Waals surface area contributed by atoms with E-state index < -0.39 is 47.1 Å². The first-order chi connectivity index (χ1) is 45.2. The third-order valence-corrected chi connectivity index (χ3v) is 16.9. The van der Waals surface area contributed by atoms with Gasteiger partial charge >= 0.3 is 0 Å². The highest BCUT2D eigenvalue weighted by atomic mass is 16.2. The second-order valence-corrected chi connectivity index (χ2v) is 38.4. The van der Waals surface area contributed by atoms with Gasteiger partial charge in [-0.1, -0.05) is 92.9 Å². The smallest absolute Gasteiger partial charge is 0.243 e. The van der Waals surface area contributed by atoms with E-state index in [1.54, 1.807) is 0 Å². The van der Waals surface area contributed by atoms with Gasteiger partial charge in [0, 0.05) is 63.7 Å². The highest BCUT2D eigenvalue weighted by Crippen LogP contribution is 2.24. The zero-order valence-electron chi connectivity index (χ0n) is 69.1. The number of Topliss-reactive ketones (excluding diaryl/α,β-unsaturated/α-hetero) is 2. The molecule has 19 nitrogen and oxygen atoms in total. The summed E-state index contributed by atoms with van der Waals surface area (Å²) in [7, 11) is 0. The Bertz CT molecular complexity index is 2300. The van der Waals surface area contributed by atoms with E-state index in [4.69, 9.17) is 0 Å². The number of hydrogen-bond acceptors (Lipinski definition) is 14. The van der Waals surface area contributed by atoms with Crippen LogP contribution in [0.5, 0.6) is 0 Å². The van der Waals surface area contributed by atoms with Gasteiger partial charge in [0.1, 0.15) is 17.9 Å². The summed E-state index contributed by atoms with van der Waals surface area (Å²) in [5.41, 5.74) is -1.79. The van der Waals surface area contributed by atoms with Crippen molar-refractivity contribution in [2.75, 3.05) is 32.7 Å². The molecule has 0 aliphatic rings. The van der Waals surface area contributed by atoms with E-state index >= 15 is 0 Å². The number of ketones is 2. The van der Waals surface area contributed by atoms with Gasteiger partial charge in [-0.3, -0.25) is 33.6 Å². The molecule has 0 aromatic rings. The van der Waals surface area contributed by atoms with Gasteiger partial charge in [-0.2, -0.15) is 0 Å². The maximum absolute atomic E-state index is 14.8. The Hall–Kier alpha value is -3.59. The van der Waals surface area contributed by atoms with Crippen LogP contribution in [0.15, 0.2) is 0 Å². The van der Waals surface area contributed by atoms with E-state index in [1.165, 1.54) is 0 Å². The first-order valence-corrected chi connectivity index (χ1v) is 39.1. The Kier molecular flexibility index (Phi) is 43.9. The number of carbonyl (C=O) groups is 7. The van der Waals surface area contributed by atoms with E-state index in [1.807, 2.05) is 62.3 Å². The topological polar surface area (TPSA) is 264 Å². The van der Waals surface area contributed by atoms with Gasteiger partial charge in [0.2, 0.25) is 29.5 Å². The van der Waals surface area contributed by atoms with Crippen LogP contribution in [0.3, 0.4) is 0 Å². The maximum Gasteiger partial charge on any atom is 0.243 e. The van der Waals surface area contributed by atoms with Gasteiger partial charge < -0.3 is 63.8 Å². The molecule has 7 unspecified atom stereocenters. The summed E-state index contributed by atoms with van der Waals surface area (Å²) in [5.74, 6) is -1.24. The molecule has 0 bridgehead atoms. The highest BCUT2D eigenvalue weighted by molar-refractivity contribution is 5.95. The molecule has 0 saturated carbocycles. The molecule has 0 rings (SSSR count). The second kappa shape index (κ2) is 45.6. The van der Waals surface area contributed by atoms with Crippen LogP contribution in [0.2, 0.25) is 0 Å². The Balaban J connectivity index is 6.74. The molecular formula is C80H160N12O7. The quantitative estimate of drug-likeness (QED) is 0.0253. The number of rotatable bonds is 50. The molecule has 582 valence electrons. The molecule has 0 heterocycles. The summed E-state index contributed by atoms with van der Waals surface area (Å²) >= 11 is 0. The van der Waals surface area contributed by atoms with Crippen LogP contribution < -0.4 is 63.8 Å². The molecule has 0 saturated heterocycles. The molecule has 5 amide bonds. The largest absolute Gasteiger partial charge is 0.355 e. The number of carbonyl (C=O) groups excluding carboxylic acids is 7. The van der Waals surface area contributed by atoms with Crippen LogP contribution in [-0.4, -0.2) is 155 Å². The van der Waals surface area contributed by atoms with Crippen LogP contribution in [0.4, 0.5) is 0 Å². The van der Waals surface area contributed by atoms with Crippen LogP contribution >= 0.6 is 0 Å². The first-order valence-electron chi connectivity index (χ1n) is 39.1. The number of amides is 5. The minimum absolute atomic E-state index is 0.0154. The van der Waals surface area contributed by atoms with Crippen molar-refractivity contribution >= 4 is 41.1 Å². The summed E-state index contributed by atoms with van der Waals surface area (Å²) in [6.45, 7) is 59.4. The van der Waals surface area contributed by atoms with Crippen molar-refractivity contribution in [2.45, 2.75) is 429 Å². The van der Waals surface area contributed by atoms with Gasteiger partial charge in [0.25, 0.3) is 0 Å². The van der Waals surface area contributed by atoms with Gasteiger partial charge in [-0.15, -0.1) is 0 Å². The highest BCUT2D eigenvalue weighted by Gasteiger charge is 2.35. The Morgan fingerprint density at radius 3 is 0.859 bits per heavy atom. The average Bonchev–Trinajstić information content (AvgIpc) is 0.864. The first kappa shape index (κ1) is 95.4. The lowest BCUT2D eigenvalue weighted by Gasteiger charge is -2.31. The van der Waals surface area contributed by atoms with Crippen molar-refractivity contribution in [3.63, 3.8) is 0 Å². The lowest BCUT2D eigenvalue weighted by molar-refractivity contribution is -0.135. The maximum atomic E-state index is 14.8.